The zero-order valence-corrected chi connectivity index (χ0v) is 20.3. The minimum atomic E-state index is 0.142. The Labute approximate surface area is 206 Å². The first kappa shape index (κ1) is 23.2. The number of amides is 1. The maximum atomic E-state index is 11.6. The number of nitriles is 1. The fraction of sp³-hybridized carbons (Fsp3) is 0.481. The first-order valence-electron chi connectivity index (χ1n) is 12.6. The van der Waals surface area contributed by atoms with E-state index in [0.29, 0.717) is 6.61 Å². The number of anilines is 1. The number of hydrogen-bond acceptors (Lipinski definition) is 6. The largest absolute Gasteiger partial charge is 0.487 e. The maximum absolute atomic E-state index is 11.6. The Morgan fingerprint density at radius 2 is 1.89 bits per heavy atom. The Morgan fingerprint density at radius 1 is 1.14 bits per heavy atom. The molecular weight excluding hydrogens is 440 g/mol. The van der Waals surface area contributed by atoms with Gasteiger partial charge in [-0.2, -0.15) is 5.26 Å². The molecule has 3 aromatic rings. The van der Waals surface area contributed by atoms with Gasteiger partial charge in [0.05, 0.1) is 5.69 Å². The molecule has 0 radical (unpaired) electrons. The molecule has 8 nitrogen and oxygen atoms in total. The number of carbonyl (C=O) groups is 1. The second-order valence-corrected chi connectivity index (χ2v) is 9.59. The van der Waals surface area contributed by atoms with Crippen LogP contribution in [0.5, 0.6) is 5.75 Å². The molecule has 2 aliphatic rings. The van der Waals surface area contributed by atoms with Crippen LogP contribution in [0.4, 0.5) is 5.69 Å². The van der Waals surface area contributed by atoms with Crippen LogP contribution < -0.4 is 9.64 Å². The molecule has 1 aromatic carbocycles. The summed E-state index contributed by atoms with van der Waals surface area (Å²) in [6.45, 7) is 6.13. The quantitative estimate of drug-likeness (QED) is 0.514. The molecule has 182 valence electrons. The van der Waals surface area contributed by atoms with Crippen LogP contribution in [-0.2, 0) is 17.9 Å². The molecule has 0 bridgehead atoms. The number of hydrogen-bond donors (Lipinski definition) is 0. The van der Waals surface area contributed by atoms with Gasteiger partial charge in [0.15, 0.2) is 0 Å². The maximum Gasteiger partial charge on any atom is 0.234 e. The Kier molecular flexibility index (Phi) is 6.84. The normalized spacial score (nSPS) is 16.6. The van der Waals surface area contributed by atoms with Crippen molar-refractivity contribution < 1.29 is 9.53 Å². The molecule has 1 aliphatic heterocycles. The van der Waals surface area contributed by atoms with E-state index in [-0.39, 0.29) is 11.7 Å². The molecule has 1 saturated carbocycles. The van der Waals surface area contributed by atoms with Crippen molar-refractivity contribution in [2.75, 3.05) is 31.1 Å². The van der Waals surface area contributed by atoms with Gasteiger partial charge in [-0.15, -0.1) is 0 Å². The van der Waals surface area contributed by atoms with Gasteiger partial charge in [0.25, 0.3) is 0 Å². The highest BCUT2D eigenvalue weighted by Gasteiger charge is 2.20. The first-order valence-corrected chi connectivity index (χ1v) is 12.6. The standard InChI is InChI=1S/C27H32N6O2/c1-20(34)31-12-14-32(15-13-31)23-6-8-25(9-7-23)35-19-24-16-22-18-29-26(17-28)30-27(22)33(24)11-10-21-4-2-3-5-21/h6-9,16,18,21H,2-5,10-15,19H2,1H3. The number of piperazine rings is 1. The van der Waals surface area contributed by atoms with Gasteiger partial charge in [0.1, 0.15) is 24.1 Å². The highest BCUT2D eigenvalue weighted by molar-refractivity contribution is 5.77. The van der Waals surface area contributed by atoms with E-state index in [0.717, 1.165) is 73.2 Å². The van der Waals surface area contributed by atoms with Crippen LogP contribution in [0.25, 0.3) is 11.0 Å². The molecule has 5 rings (SSSR count). The summed E-state index contributed by atoms with van der Waals surface area (Å²) in [5, 5.41) is 10.2. The average Bonchev–Trinajstić information content (AvgIpc) is 3.53. The molecule has 1 amide bonds. The lowest BCUT2D eigenvalue weighted by molar-refractivity contribution is -0.129. The number of aryl methyl sites for hydroxylation is 1. The Hall–Kier alpha value is -3.60. The average molecular weight is 473 g/mol. The highest BCUT2D eigenvalue weighted by atomic mass is 16.5. The van der Waals surface area contributed by atoms with E-state index in [4.69, 9.17) is 4.74 Å². The summed E-state index contributed by atoms with van der Waals surface area (Å²) in [6, 6.07) is 12.3. The summed E-state index contributed by atoms with van der Waals surface area (Å²) in [6.07, 6.45) is 8.12. The molecule has 0 N–H and O–H groups in total. The van der Waals surface area contributed by atoms with Gasteiger partial charge >= 0.3 is 0 Å². The van der Waals surface area contributed by atoms with Gasteiger partial charge in [-0.1, -0.05) is 25.7 Å². The highest BCUT2D eigenvalue weighted by Crippen LogP contribution is 2.29. The molecule has 35 heavy (non-hydrogen) atoms. The number of benzene rings is 1. The van der Waals surface area contributed by atoms with E-state index in [1.54, 1.807) is 13.1 Å². The van der Waals surface area contributed by atoms with Gasteiger partial charge in [-0.25, -0.2) is 9.97 Å². The van der Waals surface area contributed by atoms with Crippen molar-refractivity contribution in [3.63, 3.8) is 0 Å². The number of nitrogens with zero attached hydrogens (tertiary/aromatic N) is 6. The van der Waals surface area contributed by atoms with Crippen LogP contribution in [0.2, 0.25) is 0 Å². The molecule has 3 heterocycles. The third-order valence-electron chi connectivity index (χ3n) is 7.37. The van der Waals surface area contributed by atoms with E-state index in [2.05, 4.69) is 43.7 Å². The Bertz CT molecular complexity index is 1210. The summed E-state index contributed by atoms with van der Waals surface area (Å²) >= 11 is 0. The van der Waals surface area contributed by atoms with Crippen molar-refractivity contribution in [2.45, 2.75) is 52.2 Å². The van der Waals surface area contributed by atoms with E-state index in [9.17, 15) is 10.1 Å². The van der Waals surface area contributed by atoms with Crippen molar-refractivity contribution in [1.29, 1.82) is 5.26 Å². The molecule has 1 saturated heterocycles. The molecule has 0 spiro atoms. The van der Waals surface area contributed by atoms with Crippen LogP contribution >= 0.6 is 0 Å². The second kappa shape index (κ2) is 10.3. The van der Waals surface area contributed by atoms with Gasteiger partial charge in [-0.3, -0.25) is 4.79 Å². The predicted octanol–water partition coefficient (Wildman–Crippen LogP) is 4.13. The summed E-state index contributed by atoms with van der Waals surface area (Å²) in [5.74, 6) is 1.92. The zero-order valence-electron chi connectivity index (χ0n) is 20.3. The van der Waals surface area contributed by atoms with Gasteiger partial charge in [0, 0.05) is 56.9 Å². The number of ether oxygens (including phenoxy) is 1. The Balaban J connectivity index is 1.27. The number of carbonyl (C=O) groups excluding carboxylic acids is 1. The SMILES string of the molecule is CC(=O)N1CCN(c2ccc(OCc3cc4cnc(C#N)nc4n3CCC3CCCC3)cc2)CC1. The molecule has 8 heteroatoms. The summed E-state index contributed by atoms with van der Waals surface area (Å²) in [7, 11) is 0. The minimum Gasteiger partial charge on any atom is -0.487 e. The zero-order chi connectivity index (χ0) is 24.2. The minimum absolute atomic E-state index is 0.142. The van der Waals surface area contributed by atoms with E-state index < -0.39 is 0 Å². The smallest absolute Gasteiger partial charge is 0.234 e. The van der Waals surface area contributed by atoms with Crippen molar-refractivity contribution >= 4 is 22.6 Å². The first-order chi connectivity index (χ1) is 17.1. The lowest BCUT2D eigenvalue weighted by atomic mass is 10.0. The number of aromatic nitrogens is 3. The molecule has 0 atom stereocenters. The molecule has 2 fully saturated rings. The molecule has 2 aromatic heterocycles. The summed E-state index contributed by atoms with van der Waals surface area (Å²) < 4.78 is 8.38. The molecular formula is C27H32N6O2. The van der Waals surface area contributed by atoms with Crippen molar-refractivity contribution in [1.82, 2.24) is 19.4 Å². The summed E-state index contributed by atoms with van der Waals surface area (Å²) in [5.41, 5.74) is 3.01. The monoisotopic (exact) mass is 472 g/mol. The molecule has 0 unspecified atom stereocenters. The van der Waals surface area contributed by atoms with E-state index in [1.807, 2.05) is 17.0 Å². The van der Waals surface area contributed by atoms with Gasteiger partial charge < -0.3 is 19.1 Å². The lowest BCUT2D eigenvalue weighted by Gasteiger charge is -2.35. The summed E-state index contributed by atoms with van der Waals surface area (Å²) in [4.78, 5) is 24.4. The fourth-order valence-corrected chi connectivity index (χ4v) is 5.32. The topological polar surface area (TPSA) is 87.3 Å². The third kappa shape index (κ3) is 5.24. The van der Waals surface area contributed by atoms with Crippen molar-refractivity contribution in [2.24, 2.45) is 5.92 Å². The van der Waals surface area contributed by atoms with E-state index in [1.165, 1.54) is 25.7 Å². The Morgan fingerprint density at radius 3 is 2.57 bits per heavy atom. The fourth-order valence-electron chi connectivity index (χ4n) is 5.32. The van der Waals surface area contributed by atoms with Crippen LogP contribution in [0.1, 0.15) is 50.5 Å². The van der Waals surface area contributed by atoms with Gasteiger partial charge in [-0.05, 0) is 42.7 Å². The number of fused-ring (bicyclic) bond motifs is 1. The third-order valence-corrected chi connectivity index (χ3v) is 7.37. The van der Waals surface area contributed by atoms with Gasteiger partial charge in [0.2, 0.25) is 11.7 Å². The second-order valence-electron chi connectivity index (χ2n) is 9.59. The van der Waals surface area contributed by atoms with Crippen LogP contribution in [-0.4, -0.2) is 51.5 Å². The lowest BCUT2D eigenvalue weighted by Crippen LogP contribution is -2.48. The van der Waals surface area contributed by atoms with Crippen molar-refractivity contribution in [3.8, 4) is 11.8 Å². The van der Waals surface area contributed by atoms with Crippen LogP contribution in [0, 0.1) is 17.2 Å². The number of rotatable bonds is 7. The van der Waals surface area contributed by atoms with Crippen LogP contribution in [0.3, 0.4) is 0 Å². The van der Waals surface area contributed by atoms with Crippen LogP contribution in [0.15, 0.2) is 36.5 Å². The van der Waals surface area contributed by atoms with E-state index >= 15 is 0 Å². The molecule has 1 aliphatic carbocycles. The predicted molar refractivity (Wildman–Crippen MR) is 134 cm³/mol. The van der Waals surface area contributed by atoms with Crippen molar-refractivity contribution in [3.05, 3.63) is 48.0 Å².